The summed E-state index contributed by atoms with van der Waals surface area (Å²) < 4.78 is 37.1. The van der Waals surface area contributed by atoms with E-state index < -0.39 is 60.9 Å². The molecule has 1 rings (SSSR count). The molecule has 0 saturated carbocycles. The molecule has 1 aliphatic heterocycles. The molecule has 1 heterocycles. The van der Waals surface area contributed by atoms with Gasteiger partial charge >= 0.3 is 23.9 Å². The molecule has 0 aromatic rings. The van der Waals surface area contributed by atoms with Gasteiger partial charge in [0.1, 0.15) is 12.7 Å². The van der Waals surface area contributed by atoms with Crippen LogP contribution in [0.3, 0.4) is 0 Å². The van der Waals surface area contributed by atoms with Crippen LogP contribution in [0.15, 0.2) is 12.8 Å². The largest absolute Gasteiger partial charge is 0.473 e. The summed E-state index contributed by atoms with van der Waals surface area (Å²) in [6.07, 6.45) is -5.97. The third-order valence-corrected chi connectivity index (χ3v) is 3.56. The quantitative estimate of drug-likeness (QED) is 0.225. The van der Waals surface area contributed by atoms with Crippen molar-refractivity contribution >= 4 is 23.9 Å². The fourth-order valence-electron chi connectivity index (χ4n) is 2.65. The lowest BCUT2D eigenvalue weighted by atomic mass is 9.98. The van der Waals surface area contributed by atoms with Gasteiger partial charge in [0.05, 0.1) is 6.26 Å². The van der Waals surface area contributed by atoms with Crippen LogP contribution in [0.1, 0.15) is 34.6 Å². The van der Waals surface area contributed by atoms with Gasteiger partial charge in [-0.25, -0.2) is 0 Å². The smallest absolute Gasteiger partial charge is 0.303 e. The van der Waals surface area contributed by atoms with E-state index in [1.807, 2.05) is 0 Å². The molecular weight excluding hydrogens is 392 g/mol. The number of carbonyl (C=O) groups is 4. The lowest BCUT2D eigenvalue weighted by Crippen LogP contribution is -2.63. The fraction of sp³-hybridized carbons (Fsp3) is 0.667. The van der Waals surface area contributed by atoms with Crippen molar-refractivity contribution in [3.63, 3.8) is 0 Å². The molecule has 0 aromatic heterocycles. The third kappa shape index (κ3) is 8.08. The second kappa shape index (κ2) is 11.4. The SMILES string of the molecule is C=COC(C)O[C@H]1O[C@H](COC(C)=O)[C@@H](OC(C)=O)[C@H](OC(C)=O)[C@H]1OC(C)=O. The molecule has 1 saturated heterocycles. The Balaban J connectivity index is 3.29. The van der Waals surface area contributed by atoms with E-state index in [4.69, 9.17) is 33.2 Å². The van der Waals surface area contributed by atoms with E-state index in [1.165, 1.54) is 13.8 Å². The van der Waals surface area contributed by atoms with Gasteiger partial charge < -0.3 is 33.2 Å². The zero-order valence-electron chi connectivity index (χ0n) is 16.9. The Morgan fingerprint density at radius 3 is 1.90 bits per heavy atom. The third-order valence-electron chi connectivity index (χ3n) is 3.56. The maximum Gasteiger partial charge on any atom is 0.303 e. The highest BCUT2D eigenvalue weighted by Gasteiger charge is 2.53. The minimum Gasteiger partial charge on any atom is -0.473 e. The van der Waals surface area contributed by atoms with Crippen LogP contribution in [0.2, 0.25) is 0 Å². The van der Waals surface area contributed by atoms with Gasteiger partial charge in [-0.15, -0.1) is 0 Å². The lowest BCUT2D eigenvalue weighted by Gasteiger charge is -2.44. The van der Waals surface area contributed by atoms with Crippen molar-refractivity contribution in [2.75, 3.05) is 6.61 Å². The molecule has 0 spiro atoms. The van der Waals surface area contributed by atoms with E-state index in [2.05, 4.69) is 6.58 Å². The number of hydrogen-bond acceptors (Lipinski definition) is 11. The molecule has 0 aliphatic carbocycles. The minimum atomic E-state index is -1.30. The van der Waals surface area contributed by atoms with E-state index in [0.29, 0.717) is 0 Å². The van der Waals surface area contributed by atoms with Crippen molar-refractivity contribution in [3.8, 4) is 0 Å². The molecule has 0 amide bonds. The summed E-state index contributed by atoms with van der Waals surface area (Å²) in [5.41, 5.74) is 0. The highest BCUT2D eigenvalue weighted by molar-refractivity contribution is 5.68. The predicted molar refractivity (Wildman–Crippen MR) is 93.8 cm³/mol. The Hall–Kier alpha value is -2.66. The van der Waals surface area contributed by atoms with Crippen LogP contribution in [-0.4, -0.2) is 67.5 Å². The number of ether oxygens (including phenoxy) is 7. The van der Waals surface area contributed by atoms with Gasteiger partial charge in [0.15, 0.2) is 24.6 Å². The van der Waals surface area contributed by atoms with E-state index in [9.17, 15) is 19.2 Å². The first-order valence-electron chi connectivity index (χ1n) is 8.77. The van der Waals surface area contributed by atoms with Crippen molar-refractivity contribution in [3.05, 3.63) is 12.8 Å². The standard InChI is InChI=1S/C18H26O11/c1-7-23-13(6)28-18-17(27-12(5)22)16(26-11(4)21)15(25-10(3)20)14(29-18)8-24-9(2)19/h7,13-18H,1,8H2,2-6H3/t13?,14-,15-,16+,17-,18+/m1/s1. The van der Waals surface area contributed by atoms with Gasteiger partial charge in [0.2, 0.25) is 6.29 Å². The highest BCUT2D eigenvalue weighted by Crippen LogP contribution is 2.30. The van der Waals surface area contributed by atoms with Crippen molar-refractivity contribution < 1.29 is 52.3 Å². The first-order chi connectivity index (χ1) is 13.5. The molecular formula is C18H26O11. The highest BCUT2D eigenvalue weighted by atomic mass is 16.8. The fourth-order valence-corrected chi connectivity index (χ4v) is 2.65. The summed E-state index contributed by atoms with van der Waals surface area (Å²) in [6, 6.07) is 0. The first-order valence-corrected chi connectivity index (χ1v) is 8.77. The predicted octanol–water partition coefficient (Wildman–Crippen LogP) is 0.592. The summed E-state index contributed by atoms with van der Waals surface area (Å²) in [7, 11) is 0. The second-order valence-corrected chi connectivity index (χ2v) is 6.07. The summed E-state index contributed by atoms with van der Waals surface area (Å²) in [5, 5.41) is 0. The summed E-state index contributed by atoms with van der Waals surface area (Å²) >= 11 is 0. The van der Waals surface area contributed by atoms with Gasteiger partial charge in [-0.2, -0.15) is 0 Å². The van der Waals surface area contributed by atoms with Crippen LogP contribution < -0.4 is 0 Å². The Labute approximate surface area is 168 Å². The number of esters is 4. The van der Waals surface area contributed by atoms with Crippen LogP contribution >= 0.6 is 0 Å². The van der Waals surface area contributed by atoms with E-state index >= 15 is 0 Å². The Bertz CT molecular complexity index is 617. The Morgan fingerprint density at radius 2 is 1.41 bits per heavy atom. The van der Waals surface area contributed by atoms with Gasteiger partial charge in [0, 0.05) is 27.7 Å². The summed E-state index contributed by atoms with van der Waals surface area (Å²) in [6.45, 7) is 9.18. The van der Waals surface area contributed by atoms with Crippen LogP contribution in [0.5, 0.6) is 0 Å². The van der Waals surface area contributed by atoms with E-state index in [1.54, 1.807) is 0 Å². The van der Waals surface area contributed by atoms with Gasteiger partial charge in [-0.1, -0.05) is 6.58 Å². The Morgan fingerprint density at radius 1 is 0.897 bits per heavy atom. The molecule has 1 aliphatic rings. The van der Waals surface area contributed by atoms with Crippen molar-refractivity contribution in [2.45, 2.75) is 71.6 Å². The zero-order chi connectivity index (χ0) is 22.1. The monoisotopic (exact) mass is 418 g/mol. The van der Waals surface area contributed by atoms with Crippen LogP contribution in [-0.2, 0) is 52.3 Å². The lowest BCUT2D eigenvalue weighted by molar-refractivity contribution is -0.332. The van der Waals surface area contributed by atoms with Crippen LogP contribution in [0.4, 0.5) is 0 Å². The molecule has 0 N–H and O–H groups in total. The van der Waals surface area contributed by atoms with E-state index in [-0.39, 0.29) is 6.61 Å². The number of rotatable bonds is 9. The molecule has 164 valence electrons. The average molecular weight is 418 g/mol. The summed E-state index contributed by atoms with van der Waals surface area (Å²) in [4.78, 5) is 46.1. The second-order valence-electron chi connectivity index (χ2n) is 6.07. The van der Waals surface area contributed by atoms with Gasteiger partial charge in [-0.05, 0) is 6.92 Å². The van der Waals surface area contributed by atoms with E-state index in [0.717, 1.165) is 27.0 Å². The van der Waals surface area contributed by atoms with Crippen molar-refractivity contribution in [1.82, 2.24) is 0 Å². The molecule has 11 nitrogen and oxygen atoms in total. The number of carbonyl (C=O) groups excluding carboxylic acids is 4. The number of hydrogen-bond donors (Lipinski definition) is 0. The maximum atomic E-state index is 11.7. The molecule has 29 heavy (non-hydrogen) atoms. The van der Waals surface area contributed by atoms with Crippen LogP contribution in [0.25, 0.3) is 0 Å². The molecule has 1 unspecified atom stereocenters. The topological polar surface area (TPSA) is 133 Å². The van der Waals surface area contributed by atoms with Crippen molar-refractivity contribution in [1.29, 1.82) is 0 Å². The molecule has 11 heteroatoms. The van der Waals surface area contributed by atoms with Crippen molar-refractivity contribution in [2.24, 2.45) is 0 Å². The molecule has 0 bridgehead atoms. The molecule has 1 fully saturated rings. The van der Waals surface area contributed by atoms with Gasteiger partial charge in [0.25, 0.3) is 0 Å². The minimum absolute atomic E-state index is 0.339. The first kappa shape index (κ1) is 24.4. The maximum absolute atomic E-state index is 11.7. The average Bonchev–Trinajstić information content (AvgIpc) is 2.57. The summed E-state index contributed by atoms with van der Waals surface area (Å²) in [5.74, 6) is -2.77. The van der Waals surface area contributed by atoms with Crippen LogP contribution in [0, 0.1) is 0 Å². The Kier molecular flexibility index (Phi) is 9.56. The zero-order valence-corrected chi connectivity index (χ0v) is 16.9. The normalized spacial score (nSPS) is 27.1. The molecule has 0 aromatic carbocycles. The molecule has 0 radical (unpaired) electrons. The molecule has 6 atom stereocenters. The van der Waals surface area contributed by atoms with Gasteiger partial charge in [-0.3, -0.25) is 19.2 Å².